The van der Waals surface area contributed by atoms with Crippen LogP contribution in [-0.2, 0) is 4.79 Å². The van der Waals surface area contributed by atoms with E-state index in [2.05, 4.69) is 15.5 Å². The standard InChI is InChI=1S/C20H16ClN5O4S/c1-11-2-4-13(5-3-11)25-10-12(8-17(25)27)19-23-24-20(31-19)22-18(28)15-7-6-14(26(29)30)9-16(15)21/h2-7,9,12H,8,10H2,1H3,(H,22,24,28). The number of nitrogens with one attached hydrogen (secondary N) is 1. The molecule has 1 N–H and O–H groups in total. The number of non-ortho nitro benzene ring substituents is 1. The van der Waals surface area contributed by atoms with Crippen LogP contribution in [0.1, 0.15) is 33.3 Å². The average molecular weight is 458 g/mol. The number of benzene rings is 2. The molecule has 0 spiro atoms. The Balaban J connectivity index is 1.45. The van der Waals surface area contributed by atoms with Crippen LogP contribution in [0.2, 0.25) is 5.02 Å². The summed E-state index contributed by atoms with van der Waals surface area (Å²) in [6, 6.07) is 11.3. The minimum Gasteiger partial charge on any atom is -0.312 e. The summed E-state index contributed by atoms with van der Waals surface area (Å²) in [5, 5.41) is 22.4. The summed E-state index contributed by atoms with van der Waals surface area (Å²) in [5.74, 6) is -0.668. The van der Waals surface area contributed by atoms with E-state index in [0.717, 1.165) is 17.3 Å². The summed E-state index contributed by atoms with van der Waals surface area (Å²) in [4.78, 5) is 36.9. The molecular formula is C20H16ClN5O4S. The molecule has 1 aromatic heterocycles. The second-order valence-electron chi connectivity index (χ2n) is 7.06. The molecule has 1 saturated heterocycles. The maximum atomic E-state index is 12.5. The number of halogens is 1. The van der Waals surface area contributed by atoms with E-state index in [9.17, 15) is 19.7 Å². The molecule has 0 saturated carbocycles. The van der Waals surface area contributed by atoms with Crippen LogP contribution in [-0.4, -0.2) is 33.5 Å². The van der Waals surface area contributed by atoms with Gasteiger partial charge in [0.2, 0.25) is 11.0 Å². The molecule has 4 rings (SSSR count). The molecule has 1 aliphatic heterocycles. The van der Waals surface area contributed by atoms with Gasteiger partial charge in [0.05, 0.1) is 15.5 Å². The smallest absolute Gasteiger partial charge is 0.270 e. The molecule has 2 aromatic carbocycles. The van der Waals surface area contributed by atoms with Crippen molar-refractivity contribution in [2.75, 3.05) is 16.8 Å². The van der Waals surface area contributed by atoms with E-state index in [-0.39, 0.29) is 33.2 Å². The number of nitro benzene ring substituents is 1. The van der Waals surface area contributed by atoms with Gasteiger partial charge in [0.25, 0.3) is 11.6 Å². The Kier molecular flexibility index (Phi) is 5.66. The highest BCUT2D eigenvalue weighted by Crippen LogP contribution is 2.34. The lowest BCUT2D eigenvalue weighted by Crippen LogP contribution is -2.24. The molecule has 1 fully saturated rings. The summed E-state index contributed by atoms with van der Waals surface area (Å²) >= 11 is 7.19. The lowest BCUT2D eigenvalue weighted by Gasteiger charge is -2.16. The second kappa shape index (κ2) is 8.40. The molecule has 1 atom stereocenters. The molecule has 0 aliphatic carbocycles. The molecule has 3 aromatic rings. The van der Waals surface area contributed by atoms with Crippen LogP contribution >= 0.6 is 22.9 Å². The van der Waals surface area contributed by atoms with Gasteiger partial charge in [0, 0.05) is 36.7 Å². The molecule has 2 amide bonds. The molecule has 1 aliphatic rings. The monoisotopic (exact) mass is 457 g/mol. The van der Waals surface area contributed by atoms with Gasteiger partial charge < -0.3 is 4.90 Å². The highest BCUT2D eigenvalue weighted by atomic mass is 35.5. The van der Waals surface area contributed by atoms with Crippen LogP contribution in [0.5, 0.6) is 0 Å². The van der Waals surface area contributed by atoms with Crippen LogP contribution in [0.3, 0.4) is 0 Å². The first-order valence-electron chi connectivity index (χ1n) is 9.27. The van der Waals surface area contributed by atoms with Crippen molar-refractivity contribution >= 4 is 51.3 Å². The maximum absolute atomic E-state index is 12.5. The molecular weight excluding hydrogens is 442 g/mol. The molecule has 11 heteroatoms. The van der Waals surface area contributed by atoms with Gasteiger partial charge in [-0.25, -0.2) is 0 Å². The minimum absolute atomic E-state index is 0.00676. The average Bonchev–Trinajstić information content (AvgIpc) is 3.35. The second-order valence-corrected chi connectivity index (χ2v) is 8.48. The Bertz CT molecular complexity index is 1180. The number of anilines is 2. The van der Waals surface area contributed by atoms with Crippen molar-refractivity contribution in [3.05, 3.63) is 73.7 Å². The number of aromatic nitrogens is 2. The van der Waals surface area contributed by atoms with Gasteiger partial charge in [0.1, 0.15) is 5.01 Å². The number of amides is 2. The van der Waals surface area contributed by atoms with Crippen LogP contribution in [0.25, 0.3) is 0 Å². The van der Waals surface area contributed by atoms with Gasteiger partial charge in [-0.2, -0.15) is 0 Å². The van der Waals surface area contributed by atoms with Crippen molar-refractivity contribution in [2.24, 2.45) is 0 Å². The largest absolute Gasteiger partial charge is 0.312 e. The van der Waals surface area contributed by atoms with Crippen molar-refractivity contribution in [1.82, 2.24) is 10.2 Å². The number of carbonyl (C=O) groups excluding carboxylic acids is 2. The zero-order valence-electron chi connectivity index (χ0n) is 16.2. The van der Waals surface area contributed by atoms with E-state index in [1.165, 1.54) is 23.5 Å². The van der Waals surface area contributed by atoms with Crippen molar-refractivity contribution in [1.29, 1.82) is 0 Å². The third-order valence-electron chi connectivity index (χ3n) is 4.89. The number of carbonyl (C=O) groups is 2. The quantitative estimate of drug-likeness (QED) is 0.453. The molecule has 2 heterocycles. The van der Waals surface area contributed by atoms with E-state index >= 15 is 0 Å². The topological polar surface area (TPSA) is 118 Å². The number of hydrogen-bond donors (Lipinski definition) is 1. The van der Waals surface area contributed by atoms with Crippen molar-refractivity contribution < 1.29 is 14.5 Å². The van der Waals surface area contributed by atoms with E-state index in [1.807, 2.05) is 31.2 Å². The normalized spacial score (nSPS) is 15.9. The SMILES string of the molecule is Cc1ccc(N2CC(c3nnc(NC(=O)c4ccc([N+](=O)[O-])cc4Cl)s3)CC2=O)cc1. The minimum atomic E-state index is -0.590. The third kappa shape index (κ3) is 4.39. The zero-order chi connectivity index (χ0) is 22.1. The van der Waals surface area contributed by atoms with Crippen LogP contribution in [0.15, 0.2) is 42.5 Å². The Hall–Kier alpha value is -3.37. The first-order valence-corrected chi connectivity index (χ1v) is 10.5. The summed E-state index contributed by atoms with van der Waals surface area (Å²) in [6.07, 6.45) is 0.310. The number of rotatable bonds is 5. The highest BCUT2D eigenvalue weighted by Gasteiger charge is 2.34. The van der Waals surface area contributed by atoms with Crippen LogP contribution in [0, 0.1) is 17.0 Å². The highest BCUT2D eigenvalue weighted by molar-refractivity contribution is 7.15. The van der Waals surface area contributed by atoms with E-state index in [0.29, 0.717) is 18.0 Å². The van der Waals surface area contributed by atoms with Crippen molar-refractivity contribution in [2.45, 2.75) is 19.3 Å². The maximum Gasteiger partial charge on any atom is 0.270 e. The summed E-state index contributed by atoms with van der Waals surface area (Å²) in [5.41, 5.74) is 1.84. The molecule has 0 radical (unpaired) electrons. The van der Waals surface area contributed by atoms with E-state index in [4.69, 9.17) is 11.6 Å². The summed E-state index contributed by atoms with van der Waals surface area (Å²) < 4.78 is 0. The van der Waals surface area contributed by atoms with Gasteiger partial charge in [-0.15, -0.1) is 10.2 Å². The van der Waals surface area contributed by atoms with E-state index < -0.39 is 10.8 Å². The predicted octanol–water partition coefficient (Wildman–Crippen LogP) is 4.18. The third-order valence-corrected chi connectivity index (χ3v) is 6.20. The number of nitrogens with zero attached hydrogens (tertiary/aromatic N) is 4. The van der Waals surface area contributed by atoms with E-state index in [1.54, 1.807) is 4.90 Å². The van der Waals surface area contributed by atoms with Gasteiger partial charge in [-0.05, 0) is 25.1 Å². The Morgan fingerprint density at radius 3 is 2.68 bits per heavy atom. The zero-order valence-corrected chi connectivity index (χ0v) is 17.8. The van der Waals surface area contributed by atoms with Crippen molar-refractivity contribution in [3.8, 4) is 0 Å². The molecule has 0 bridgehead atoms. The van der Waals surface area contributed by atoms with Crippen LogP contribution < -0.4 is 10.2 Å². The van der Waals surface area contributed by atoms with Gasteiger partial charge in [-0.1, -0.05) is 40.6 Å². The summed E-state index contributed by atoms with van der Waals surface area (Å²) in [7, 11) is 0. The first-order chi connectivity index (χ1) is 14.8. The Morgan fingerprint density at radius 1 is 1.26 bits per heavy atom. The molecule has 158 valence electrons. The summed E-state index contributed by atoms with van der Waals surface area (Å²) in [6.45, 7) is 2.47. The first kappa shape index (κ1) is 20.9. The molecule has 31 heavy (non-hydrogen) atoms. The number of nitro groups is 1. The fourth-order valence-electron chi connectivity index (χ4n) is 3.26. The van der Waals surface area contributed by atoms with Gasteiger partial charge in [0.15, 0.2) is 0 Å². The predicted molar refractivity (Wildman–Crippen MR) is 117 cm³/mol. The Labute approximate surface area is 185 Å². The molecule has 9 nitrogen and oxygen atoms in total. The lowest BCUT2D eigenvalue weighted by molar-refractivity contribution is -0.384. The van der Waals surface area contributed by atoms with Gasteiger partial charge >= 0.3 is 0 Å². The molecule has 1 unspecified atom stereocenters. The fraction of sp³-hybridized carbons (Fsp3) is 0.200. The number of hydrogen-bond acceptors (Lipinski definition) is 7. The Morgan fingerprint density at radius 2 is 2.00 bits per heavy atom. The lowest BCUT2D eigenvalue weighted by atomic mass is 10.1. The van der Waals surface area contributed by atoms with Crippen LogP contribution in [0.4, 0.5) is 16.5 Å². The number of aryl methyl sites for hydroxylation is 1. The van der Waals surface area contributed by atoms with Gasteiger partial charge in [-0.3, -0.25) is 25.0 Å². The van der Waals surface area contributed by atoms with Crippen molar-refractivity contribution in [3.63, 3.8) is 0 Å². The fourth-order valence-corrected chi connectivity index (χ4v) is 4.35.